The van der Waals surface area contributed by atoms with Crippen LogP contribution in [-0.4, -0.2) is 60.3 Å². The summed E-state index contributed by atoms with van der Waals surface area (Å²) < 4.78 is 5.39. The molecule has 1 amide bonds. The molecule has 1 aliphatic heterocycles. The smallest absolute Gasteiger partial charge is 0.407 e. The van der Waals surface area contributed by atoms with Gasteiger partial charge >= 0.3 is 6.09 Å². The van der Waals surface area contributed by atoms with Gasteiger partial charge in [0.2, 0.25) is 0 Å². The first-order chi connectivity index (χ1) is 8.24. The van der Waals surface area contributed by atoms with Gasteiger partial charge in [0.05, 0.1) is 13.2 Å². The van der Waals surface area contributed by atoms with Crippen LogP contribution >= 0.6 is 15.9 Å². The lowest BCUT2D eigenvalue weighted by atomic mass is 10.2. The summed E-state index contributed by atoms with van der Waals surface area (Å²) in [6, 6.07) is 0.123. The summed E-state index contributed by atoms with van der Waals surface area (Å²) >= 11 is 3.40. The van der Waals surface area contributed by atoms with Gasteiger partial charge in [-0.15, -0.1) is 0 Å². The third-order valence-corrected chi connectivity index (χ3v) is 3.34. The molecule has 6 heteroatoms. The van der Waals surface area contributed by atoms with Crippen LogP contribution in [0.1, 0.15) is 19.3 Å². The summed E-state index contributed by atoms with van der Waals surface area (Å²) in [6.45, 7) is 3.01. The van der Waals surface area contributed by atoms with Gasteiger partial charge in [0.15, 0.2) is 0 Å². The van der Waals surface area contributed by atoms with E-state index >= 15 is 0 Å². The molecule has 1 saturated heterocycles. The Bertz CT molecular complexity index is 229. The Labute approximate surface area is 111 Å². The molecule has 0 aromatic rings. The Morgan fingerprint density at radius 2 is 2.29 bits per heavy atom. The second-order valence-corrected chi connectivity index (χ2v) is 5.00. The van der Waals surface area contributed by atoms with Crippen molar-refractivity contribution >= 4 is 22.0 Å². The number of alkyl halides is 1. The topological polar surface area (TPSA) is 61.8 Å². The lowest BCUT2D eigenvalue weighted by Crippen LogP contribution is -2.44. The average Bonchev–Trinajstić information content (AvgIpc) is 2.54. The van der Waals surface area contributed by atoms with Crippen LogP contribution in [0.5, 0.6) is 0 Å². The number of hydrogen-bond donors (Lipinski definition) is 2. The van der Waals surface area contributed by atoms with Crippen LogP contribution in [0.25, 0.3) is 0 Å². The second kappa shape index (κ2) is 8.72. The highest BCUT2D eigenvalue weighted by Crippen LogP contribution is 2.02. The lowest BCUT2D eigenvalue weighted by molar-refractivity contribution is 0.124. The average molecular weight is 309 g/mol. The lowest BCUT2D eigenvalue weighted by Gasteiger charge is -2.21. The molecule has 5 nitrogen and oxygen atoms in total. The van der Waals surface area contributed by atoms with Crippen molar-refractivity contribution in [2.75, 3.05) is 38.2 Å². The molecular formula is C11H21BrN2O3. The molecule has 100 valence electrons. The maximum atomic E-state index is 10.9. The molecule has 2 N–H and O–H groups in total. The molecular weight excluding hydrogens is 288 g/mol. The van der Waals surface area contributed by atoms with E-state index in [0.29, 0.717) is 26.3 Å². The number of hydrogen-bond acceptors (Lipinski definition) is 3. The largest absolute Gasteiger partial charge is 0.465 e. The number of carboxylic acid groups (broad SMARTS) is 1. The molecule has 1 heterocycles. The van der Waals surface area contributed by atoms with E-state index in [1.54, 1.807) is 0 Å². The third kappa shape index (κ3) is 6.24. The quantitative estimate of drug-likeness (QED) is 0.577. The molecule has 1 atom stereocenters. The number of unbranched alkanes of at least 4 members (excludes halogenated alkanes) is 2. The molecule has 1 rings (SSSR count). The predicted molar refractivity (Wildman–Crippen MR) is 69.9 cm³/mol. The minimum absolute atomic E-state index is 0.123. The zero-order valence-electron chi connectivity index (χ0n) is 10.0. The fourth-order valence-corrected chi connectivity index (χ4v) is 2.21. The highest BCUT2D eigenvalue weighted by atomic mass is 79.9. The van der Waals surface area contributed by atoms with E-state index in [9.17, 15) is 4.79 Å². The highest BCUT2D eigenvalue weighted by molar-refractivity contribution is 9.09. The van der Waals surface area contributed by atoms with Crippen molar-refractivity contribution in [1.29, 1.82) is 0 Å². The van der Waals surface area contributed by atoms with E-state index < -0.39 is 6.09 Å². The molecule has 0 aliphatic carbocycles. The Morgan fingerprint density at radius 3 is 3.00 bits per heavy atom. The molecule has 0 spiro atoms. The SMILES string of the molecule is O=C(O)N1CCOCC(NCCCCCBr)C1. The minimum atomic E-state index is -0.860. The van der Waals surface area contributed by atoms with Crippen LogP contribution in [0.2, 0.25) is 0 Å². The summed E-state index contributed by atoms with van der Waals surface area (Å²) in [5, 5.41) is 13.4. The number of nitrogens with one attached hydrogen (secondary N) is 1. The van der Waals surface area contributed by atoms with Crippen LogP contribution in [-0.2, 0) is 4.74 Å². The van der Waals surface area contributed by atoms with Crippen LogP contribution in [0.3, 0.4) is 0 Å². The number of halogens is 1. The third-order valence-electron chi connectivity index (χ3n) is 2.78. The van der Waals surface area contributed by atoms with E-state index in [4.69, 9.17) is 9.84 Å². The van der Waals surface area contributed by atoms with Gasteiger partial charge in [0, 0.05) is 24.5 Å². The molecule has 0 aromatic heterocycles. The minimum Gasteiger partial charge on any atom is -0.465 e. The van der Waals surface area contributed by atoms with Gasteiger partial charge in [-0.1, -0.05) is 22.4 Å². The van der Waals surface area contributed by atoms with E-state index in [1.807, 2.05) is 0 Å². The zero-order chi connectivity index (χ0) is 12.5. The van der Waals surface area contributed by atoms with Crippen molar-refractivity contribution in [2.24, 2.45) is 0 Å². The number of rotatable bonds is 6. The molecule has 1 aliphatic rings. The number of carbonyl (C=O) groups is 1. The summed E-state index contributed by atoms with van der Waals surface area (Å²) in [5.74, 6) is 0. The van der Waals surface area contributed by atoms with E-state index in [1.165, 1.54) is 17.7 Å². The van der Waals surface area contributed by atoms with Crippen LogP contribution in [0, 0.1) is 0 Å². The summed E-state index contributed by atoms with van der Waals surface area (Å²) in [5.41, 5.74) is 0. The Balaban J connectivity index is 2.19. The Morgan fingerprint density at radius 1 is 1.47 bits per heavy atom. The summed E-state index contributed by atoms with van der Waals surface area (Å²) in [7, 11) is 0. The Hall–Kier alpha value is -0.330. The van der Waals surface area contributed by atoms with E-state index in [0.717, 1.165) is 18.3 Å². The van der Waals surface area contributed by atoms with Gasteiger partial charge in [0.25, 0.3) is 0 Å². The van der Waals surface area contributed by atoms with Crippen LogP contribution < -0.4 is 5.32 Å². The van der Waals surface area contributed by atoms with Crippen LogP contribution in [0.4, 0.5) is 4.79 Å². The standard InChI is InChI=1S/C11H21BrN2O3/c12-4-2-1-3-5-13-10-8-14(11(15)16)6-7-17-9-10/h10,13H,1-9H2,(H,15,16). The van der Waals surface area contributed by atoms with Gasteiger partial charge < -0.3 is 20.1 Å². The highest BCUT2D eigenvalue weighted by Gasteiger charge is 2.21. The van der Waals surface area contributed by atoms with Gasteiger partial charge in [-0.25, -0.2) is 4.79 Å². The molecule has 0 saturated carbocycles. The molecule has 0 radical (unpaired) electrons. The van der Waals surface area contributed by atoms with Crippen molar-refractivity contribution < 1.29 is 14.6 Å². The predicted octanol–water partition coefficient (Wildman–Crippen LogP) is 1.52. The van der Waals surface area contributed by atoms with E-state index in [-0.39, 0.29) is 6.04 Å². The van der Waals surface area contributed by atoms with Crippen molar-refractivity contribution in [2.45, 2.75) is 25.3 Å². The fraction of sp³-hybridized carbons (Fsp3) is 0.909. The van der Waals surface area contributed by atoms with E-state index in [2.05, 4.69) is 21.2 Å². The van der Waals surface area contributed by atoms with Gasteiger partial charge in [-0.3, -0.25) is 0 Å². The Kier molecular flexibility index (Phi) is 7.55. The van der Waals surface area contributed by atoms with Gasteiger partial charge in [-0.05, 0) is 19.4 Å². The molecule has 1 unspecified atom stereocenters. The maximum absolute atomic E-state index is 10.9. The van der Waals surface area contributed by atoms with Crippen molar-refractivity contribution in [3.8, 4) is 0 Å². The number of ether oxygens (including phenoxy) is 1. The monoisotopic (exact) mass is 308 g/mol. The number of nitrogens with zero attached hydrogens (tertiary/aromatic N) is 1. The first-order valence-corrected chi connectivity index (χ1v) is 7.21. The van der Waals surface area contributed by atoms with Crippen LogP contribution in [0.15, 0.2) is 0 Å². The normalized spacial score (nSPS) is 21.2. The molecule has 0 bridgehead atoms. The first kappa shape index (κ1) is 14.7. The van der Waals surface area contributed by atoms with Gasteiger partial charge in [-0.2, -0.15) is 0 Å². The zero-order valence-corrected chi connectivity index (χ0v) is 11.6. The fourth-order valence-electron chi connectivity index (χ4n) is 1.81. The van der Waals surface area contributed by atoms with Crippen molar-refractivity contribution in [1.82, 2.24) is 10.2 Å². The molecule has 0 aromatic carbocycles. The molecule has 17 heavy (non-hydrogen) atoms. The van der Waals surface area contributed by atoms with Crippen molar-refractivity contribution in [3.63, 3.8) is 0 Å². The molecule has 1 fully saturated rings. The van der Waals surface area contributed by atoms with Crippen molar-refractivity contribution in [3.05, 3.63) is 0 Å². The summed E-state index contributed by atoms with van der Waals surface area (Å²) in [4.78, 5) is 12.3. The second-order valence-electron chi connectivity index (χ2n) is 4.20. The maximum Gasteiger partial charge on any atom is 0.407 e. The number of amides is 1. The summed E-state index contributed by atoms with van der Waals surface area (Å²) in [6.07, 6.45) is 2.63. The van der Waals surface area contributed by atoms with Gasteiger partial charge in [0.1, 0.15) is 0 Å². The first-order valence-electron chi connectivity index (χ1n) is 6.09.